The zero-order valence-corrected chi connectivity index (χ0v) is 14.7. The van der Waals surface area contributed by atoms with Crippen LogP contribution in [0.4, 0.5) is 17.1 Å². The number of hydrogen-bond acceptors (Lipinski definition) is 7. The van der Waals surface area contributed by atoms with Gasteiger partial charge in [0, 0.05) is 20.2 Å². The third-order valence-electron chi connectivity index (χ3n) is 4.27. The summed E-state index contributed by atoms with van der Waals surface area (Å²) < 4.78 is 5.34. The molecule has 0 fully saturated rings. The first-order valence-electron chi connectivity index (χ1n) is 8.06. The third kappa shape index (κ3) is 3.18. The highest BCUT2D eigenvalue weighted by Crippen LogP contribution is 2.40. The molecule has 8 nitrogen and oxygen atoms in total. The minimum Gasteiger partial charge on any atom is -0.478 e. The van der Waals surface area contributed by atoms with Crippen molar-refractivity contribution in [1.29, 1.82) is 5.26 Å². The molecule has 136 valence electrons. The SMILES string of the molecule is CN1C(=C(C#N)C(=O)COc2ccccc2[N+](=O)[O-])N(C)c2ccccc21. The fourth-order valence-corrected chi connectivity index (χ4v) is 3.00. The van der Waals surface area contributed by atoms with Gasteiger partial charge in [-0.2, -0.15) is 5.26 Å². The van der Waals surface area contributed by atoms with Crippen molar-refractivity contribution in [2.75, 3.05) is 30.5 Å². The Kier molecular flexibility index (Phi) is 4.77. The third-order valence-corrected chi connectivity index (χ3v) is 4.27. The molecule has 8 heteroatoms. The molecule has 1 aliphatic rings. The van der Waals surface area contributed by atoms with Crippen molar-refractivity contribution in [2.24, 2.45) is 0 Å². The molecule has 0 spiro atoms. The maximum atomic E-state index is 12.6. The summed E-state index contributed by atoms with van der Waals surface area (Å²) >= 11 is 0. The highest BCUT2D eigenvalue weighted by atomic mass is 16.6. The summed E-state index contributed by atoms with van der Waals surface area (Å²) in [6.45, 7) is -0.477. The van der Waals surface area contributed by atoms with E-state index in [4.69, 9.17) is 4.74 Å². The summed E-state index contributed by atoms with van der Waals surface area (Å²) in [5, 5.41) is 20.6. The number of ether oxygens (including phenoxy) is 1. The van der Waals surface area contributed by atoms with Gasteiger partial charge in [0.2, 0.25) is 5.78 Å². The first kappa shape index (κ1) is 17.9. The molecule has 3 rings (SSSR count). The molecule has 0 N–H and O–H groups in total. The van der Waals surface area contributed by atoms with E-state index in [9.17, 15) is 20.2 Å². The van der Waals surface area contributed by atoms with Gasteiger partial charge >= 0.3 is 5.69 Å². The van der Waals surface area contributed by atoms with Crippen LogP contribution in [0.1, 0.15) is 0 Å². The number of nitriles is 1. The Morgan fingerprint density at radius 1 is 1.11 bits per heavy atom. The molecule has 0 saturated carbocycles. The quantitative estimate of drug-likeness (QED) is 0.348. The molecule has 0 amide bonds. The van der Waals surface area contributed by atoms with Crippen LogP contribution in [0, 0.1) is 21.4 Å². The topological polar surface area (TPSA) is 99.7 Å². The van der Waals surface area contributed by atoms with Gasteiger partial charge in [0.1, 0.15) is 17.5 Å². The zero-order valence-electron chi connectivity index (χ0n) is 14.7. The molecular formula is C19H16N4O4. The standard InChI is InChI=1S/C19H16N4O4/c1-21-14-7-3-4-8-15(14)22(2)19(21)13(11-20)17(24)12-27-18-10-6-5-9-16(18)23(25)26/h3-10H,12H2,1-2H3. The zero-order chi connectivity index (χ0) is 19.6. The highest BCUT2D eigenvalue weighted by Gasteiger charge is 2.31. The molecule has 0 unspecified atom stereocenters. The van der Waals surface area contributed by atoms with Crippen molar-refractivity contribution < 1.29 is 14.5 Å². The first-order chi connectivity index (χ1) is 13.0. The lowest BCUT2D eigenvalue weighted by molar-refractivity contribution is -0.385. The lowest BCUT2D eigenvalue weighted by Crippen LogP contribution is -2.27. The van der Waals surface area contributed by atoms with Crippen molar-refractivity contribution in [1.82, 2.24) is 0 Å². The second kappa shape index (κ2) is 7.17. The van der Waals surface area contributed by atoms with E-state index >= 15 is 0 Å². The monoisotopic (exact) mass is 364 g/mol. The molecule has 1 heterocycles. The second-order valence-electron chi connectivity index (χ2n) is 5.85. The van der Waals surface area contributed by atoms with Crippen LogP contribution < -0.4 is 14.5 Å². The van der Waals surface area contributed by atoms with Crippen molar-refractivity contribution in [3.8, 4) is 11.8 Å². The van der Waals surface area contributed by atoms with Crippen LogP contribution in [0.5, 0.6) is 5.75 Å². The van der Waals surface area contributed by atoms with Gasteiger partial charge in [0.15, 0.2) is 12.4 Å². The van der Waals surface area contributed by atoms with E-state index < -0.39 is 17.3 Å². The summed E-state index contributed by atoms with van der Waals surface area (Å²) in [6, 6.07) is 15.3. The number of nitrogens with zero attached hydrogens (tertiary/aromatic N) is 4. The maximum absolute atomic E-state index is 12.6. The number of benzene rings is 2. The summed E-state index contributed by atoms with van der Waals surface area (Å²) in [5.41, 5.74) is 1.43. The van der Waals surface area contributed by atoms with Crippen molar-refractivity contribution in [2.45, 2.75) is 0 Å². The van der Waals surface area contributed by atoms with E-state index in [2.05, 4.69) is 0 Å². The number of nitro groups is 1. The minimum absolute atomic E-state index is 0.0189. The van der Waals surface area contributed by atoms with E-state index in [-0.39, 0.29) is 17.0 Å². The van der Waals surface area contributed by atoms with Gasteiger partial charge in [-0.05, 0) is 18.2 Å². The van der Waals surface area contributed by atoms with Gasteiger partial charge in [-0.3, -0.25) is 14.9 Å². The van der Waals surface area contributed by atoms with Gasteiger partial charge in [-0.25, -0.2) is 0 Å². The van der Waals surface area contributed by atoms with E-state index in [1.807, 2.05) is 30.3 Å². The highest BCUT2D eigenvalue weighted by molar-refractivity contribution is 6.03. The Balaban J connectivity index is 1.87. The van der Waals surface area contributed by atoms with E-state index in [0.717, 1.165) is 11.4 Å². The fraction of sp³-hybridized carbons (Fsp3) is 0.158. The van der Waals surface area contributed by atoms with Crippen LogP contribution in [-0.4, -0.2) is 31.4 Å². The minimum atomic E-state index is -0.585. The van der Waals surface area contributed by atoms with Gasteiger partial charge in [-0.15, -0.1) is 0 Å². The number of fused-ring (bicyclic) bond motifs is 1. The predicted molar refractivity (Wildman–Crippen MR) is 99.5 cm³/mol. The molecule has 2 aromatic carbocycles. The summed E-state index contributed by atoms with van der Waals surface area (Å²) in [6.07, 6.45) is 0. The Morgan fingerprint density at radius 2 is 1.67 bits per heavy atom. The summed E-state index contributed by atoms with van der Waals surface area (Å²) in [7, 11) is 3.54. The Morgan fingerprint density at radius 3 is 2.22 bits per heavy atom. The van der Waals surface area contributed by atoms with Crippen LogP contribution in [0.15, 0.2) is 59.9 Å². The molecule has 0 atom stereocenters. The first-order valence-corrected chi connectivity index (χ1v) is 8.06. The molecule has 0 aromatic heterocycles. The van der Waals surface area contributed by atoms with Crippen LogP contribution >= 0.6 is 0 Å². The van der Waals surface area contributed by atoms with Gasteiger partial charge in [0.05, 0.1) is 16.3 Å². The summed E-state index contributed by atoms with van der Waals surface area (Å²) in [5.74, 6) is -0.137. The van der Waals surface area contributed by atoms with E-state index in [1.165, 1.54) is 18.2 Å². The van der Waals surface area contributed by atoms with Gasteiger partial charge in [-0.1, -0.05) is 24.3 Å². The molecule has 27 heavy (non-hydrogen) atoms. The molecule has 0 aliphatic carbocycles. The Hall–Kier alpha value is -3.86. The molecule has 0 radical (unpaired) electrons. The number of Topliss-reactive ketones (excluding diaryl/α,β-unsaturated/α-hetero) is 1. The normalized spacial score (nSPS) is 12.4. The number of carbonyl (C=O) groups excluding carboxylic acids is 1. The number of nitro benzene ring substituents is 1. The number of anilines is 2. The van der Waals surface area contributed by atoms with Crippen molar-refractivity contribution >= 4 is 22.8 Å². The van der Waals surface area contributed by atoms with Crippen LogP contribution in [0.3, 0.4) is 0 Å². The van der Waals surface area contributed by atoms with E-state index in [1.54, 1.807) is 30.0 Å². The molecule has 0 saturated heterocycles. The lowest BCUT2D eigenvalue weighted by Gasteiger charge is -2.19. The number of para-hydroxylation sites is 4. The number of ketones is 1. The second-order valence-corrected chi connectivity index (χ2v) is 5.85. The van der Waals surface area contributed by atoms with Crippen LogP contribution in [0.2, 0.25) is 0 Å². The molecule has 2 aromatic rings. The number of rotatable bonds is 5. The predicted octanol–water partition coefficient (Wildman–Crippen LogP) is 2.86. The van der Waals surface area contributed by atoms with Gasteiger partial charge in [0.25, 0.3) is 0 Å². The number of carbonyl (C=O) groups is 1. The largest absolute Gasteiger partial charge is 0.478 e. The summed E-state index contributed by atoms with van der Waals surface area (Å²) in [4.78, 5) is 26.6. The molecule has 1 aliphatic heterocycles. The Labute approximate surface area is 155 Å². The average Bonchev–Trinajstić information content (AvgIpc) is 2.93. The van der Waals surface area contributed by atoms with Gasteiger partial charge < -0.3 is 14.5 Å². The van der Waals surface area contributed by atoms with Crippen LogP contribution in [-0.2, 0) is 4.79 Å². The molecule has 0 bridgehead atoms. The number of hydrogen-bond donors (Lipinski definition) is 0. The van der Waals surface area contributed by atoms with Crippen molar-refractivity contribution in [3.05, 3.63) is 70.0 Å². The van der Waals surface area contributed by atoms with E-state index in [0.29, 0.717) is 5.82 Å². The smallest absolute Gasteiger partial charge is 0.310 e. The maximum Gasteiger partial charge on any atom is 0.310 e. The Bertz CT molecular complexity index is 962. The average molecular weight is 364 g/mol. The fourth-order valence-electron chi connectivity index (χ4n) is 3.00. The van der Waals surface area contributed by atoms with Crippen molar-refractivity contribution in [3.63, 3.8) is 0 Å². The lowest BCUT2D eigenvalue weighted by atomic mass is 10.2. The van der Waals surface area contributed by atoms with Crippen LogP contribution in [0.25, 0.3) is 0 Å². The molecular weight excluding hydrogens is 348 g/mol.